The Balaban J connectivity index is 2.37. The Bertz CT molecular complexity index is 373. The summed E-state index contributed by atoms with van der Waals surface area (Å²) in [6, 6.07) is 7.84. The van der Waals surface area contributed by atoms with Crippen LogP contribution in [0.4, 0.5) is 0 Å². The molecule has 0 spiro atoms. The number of Topliss-reactive ketones (excluding diaryl/α,β-unsaturated/α-hetero) is 1. The van der Waals surface area contributed by atoms with Crippen LogP contribution in [-0.4, -0.2) is 18.9 Å². The van der Waals surface area contributed by atoms with Gasteiger partial charge in [0.1, 0.15) is 0 Å². The molecule has 1 unspecified atom stereocenters. The number of benzene rings is 1. The molecule has 0 heterocycles. The molecule has 0 amide bonds. The van der Waals surface area contributed by atoms with Crippen molar-refractivity contribution in [2.45, 2.75) is 40.0 Å². The molecule has 2 heteroatoms. The van der Waals surface area contributed by atoms with E-state index in [1.807, 2.05) is 38.1 Å². The van der Waals surface area contributed by atoms with Gasteiger partial charge in [-0.2, -0.15) is 0 Å². The molecule has 1 N–H and O–H groups in total. The molecular formula is C16H25NO. The Labute approximate surface area is 111 Å². The van der Waals surface area contributed by atoms with Crippen molar-refractivity contribution < 1.29 is 4.79 Å². The van der Waals surface area contributed by atoms with Crippen LogP contribution >= 0.6 is 0 Å². The van der Waals surface area contributed by atoms with Gasteiger partial charge in [0.2, 0.25) is 0 Å². The van der Waals surface area contributed by atoms with Crippen molar-refractivity contribution in [1.29, 1.82) is 0 Å². The normalized spacial score (nSPS) is 12.4. The second-order valence-corrected chi connectivity index (χ2v) is 5.05. The third-order valence-electron chi connectivity index (χ3n) is 3.16. The number of rotatable bonds is 8. The van der Waals surface area contributed by atoms with E-state index in [-0.39, 0.29) is 11.7 Å². The molecule has 1 aromatic carbocycles. The van der Waals surface area contributed by atoms with Crippen LogP contribution in [0.3, 0.4) is 0 Å². The lowest BCUT2D eigenvalue weighted by atomic mass is 9.98. The molecule has 0 bridgehead atoms. The minimum Gasteiger partial charge on any atom is -0.316 e. The monoisotopic (exact) mass is 247 g/mol. The molecule has 0 aliphatic rings. The minimum absolute atomic E-state index is 0.0495. The van der Waals surface area contributed by atoms with Crippen LogP contribution in [0.15, 0.2) is 24.3 Å². The highest BCUT2D eigenvalue weighted by Gasteiger charge is 2.14. The first-order valence-corrected chi connectivity index (χ1v) is 6.96. The fourth-order valence-corrected chi connectivity index (χ4v) is 1.99. The standard InChI is InChI=1S/C16H25NO/c1-4-5-6-10-17-12-14(3)16(18)15-9-7-8-13(2)11-15/h7-9,11,14,17H,4-6,10,12H2,1-3H3. The summed E-state index contributed by atoms with van der Waals surface area (Å²) in [5.74, 6) is 0.287. The first-order valence-electron chi connectivity index (χ1n) is 6.96. The molecule has 0 radical (unpaired) electrons. The van der Waals surface area contributed by atoms with Crippen LogP contribution in [0, 0.1) is 12.8 Å². The molecule has 0 aliphatic heterocycles. The van der Waals surface area contributed by atoms with Gasteiger partial charge in [-0.25, -0.2) is 0 Å². The van der Waals surface area contributed by atoms with E-state index in [0.717, 1.165) is 24.2 Å². The van der Waals surface area contributed by atoms with Gasteiger partial charge in [-0.1, -0.05) is 50.5 Å². The maximum atomic E-state index is 12.2. The van der Waals surface area contributed by atoms with Gasteiger partial charge in [0.25, 0.3) is 0 Å². The lowest BCUT2D eigenvalue weighted by Gasteiger charge is -2.12. The van der Waals surface area contributed by atoms with Gasteiger partial charge >= 0.3 is 0 Å². The second-order valence-electron chi connectivity index (χ2n) is 5.05. The first kappa shape index (κ1) is 14.9. The van der Waals surface area contributed by atoms with Gasteiger partial charge in [0.15, 0.2) is 5.78 Å². The zero-order valence-electron chi connectivity index (χ0n) is 11.8. The van der Waals surface area contributed by atoms with E-state index in [9.17, 15) is 4.79 Å². The highest BCUT2D eigenvalue weighted by Crippen LogP contribution is 2.10. The highest BCUT2D eigenvalue weighted by atomic mass is 16.1. The first-order chi connectivity index (χ1) is 8.65. The van der Waals surface area contributed by atoms with Crippen LogP contribution in [-0.2, 0) is 0 Å². The predicted octanol–water partition coefficient (Wildman–Crippen LogP) is 3.59. The summed E-state index contributed by atoms with van der Waals surface area (Å²) in [7, 11) is 0. The lowest BCUT2D eigenvalue weighted by Crippen LogP contribution is -2.27. The summed E-state index contributed by atoms with van der Waals surface area (Å²) in [4.78, 5) is 12.2. The largest absolute Gasteiger partial charge is 0.316 e. The van der Waals surface area contributed by atoms with Crippen LogP contribution in [0.2, 0.25) is 0 Å². The molecule has 0 saturated heterocycles. The van der Waals surface area contributed by atoms with Gasteiger partial charge in [-0.3, -0.25) is 4.79 Å². The molecule has 1 aromatic rings. The summed E-state index contributed by atoms with van der Waals surface area (Å²) in [6.07, 6.45) is 3.69. The molecule has 1 atom stereocenters. The molecule has 1 rings (SSSR count). The Hall–Kier alpha value is -1.15. The van der Waals surface area contributed by atoms with Crippen molar-refractivity contribution in [3.8, 4) is 0 Å². The summed E-state index contributed by atoms with van der Waals surface area (Å²) >= 11 is 0. The van der Waals surface area contributed by atoms with Gasteiger partial charge in [0.05, 0.1) is 0 Å². The zero-order chi connectivity index (χ0) is 13.4. The van der Waals surface area contributed by atoms with Crippen molar-refractivity contribution in [1.82, 2.24) is 5.32 Å². The number of carbonyl (C=O) groups is 1. The molecule has 100 valence electrons. The SMILES string of the molecule is CCCCCNCC(C)C(=O)c1cccc(C)c1. The molecule has 18 heavy (non-hydrogen) atoms. The zero-order valence-corrected chi connectivity index (χ0v) is 11.8. The maximum Gasteiger partial charge on any atom is 0.166 e. The van der Waals surface area contributed by atoms with Crippen molar-refractivity contribution in [2.24, 2.45) is 5.92 Å². The van der Waals surface area contributed by atoms with E-state index in [1.54, 1.807) is 0 Å². The van der Waals surface area contributed by atoms with Gasteiger partial charge in [-0.05, 0) is 26.0 Å². The quantitative estimate of drug-likeness (QED) is 0.562. The summed E-state index contributed by atoms with van der Waals surface area (Å²) < 4.78 is 0. The van der Waals surface area contributed by atoms with Crippen molar-refractivity contribution in [3.63, 3.8) is 0 Å². The van der Waals surface area contributed by atoms with Crippen LogP contribution in [0.5, 0.6) is 0 Å². The molecular weight excluding hydrogens is 222 g/mol. The molecule has 2 nitrogen and oxygen atoms in total. The number of nitrogens with one attached hydrogen (secondary N) is 1. The number of hydrogen-bond donors (Lipinski definition) is 1. The average Bonchev–Trinajstić information content (AvgIpc) is 2.37. The van der Waals surface area contributed by atoms with E-state index in [1.165, 1.54) is 19.3 Å². The van der Waals surface area contributed by atoms with E-state index in [2.05, 4.69) is 12.2 Å². The number of aryl methyl sites for hydroxylation is 1. The van der Waals surface area contributed by atoms with Gasteiger partial charge in [-0.15, -0.1) is 0 Å². The topological polar surface area (TPSA) is 29.1 Å². The van der Waals surface area contributed by atoms with Crippen LogP contribution < -0.4 is 5.32 Å². The third-order valence-corrected chi connectivity index (χ3v) is 3.16. The van der Waals surface area contributed by atoms with Gasteiger partial charge < -0.3 is 5.32 Å². The minimum atomic E-state index is 0.0495. The van der Waals surface area contributed by atoms with Crippen LogP contribution in [0.1, 0.15) is 49.0 Å². The maximum absolute atomic E-state index is 12.2. The Morgan fingerprint density at radius 1 is 1.33 bits per heavy atom. The Morgan fingerprint density at radius 3 is 2.78 bits per heavy atom. The average molecular weight is 247 g/mol. The smallest absolute Gasteiger partial charge is 0.166 e. The number of carbonyl (C=O) groups excluding carboxylic acids is 1. The van der Waals surface area contributed by atoms with Gasteiger partial charge in [0, 0.05) is 18.0 Å². The lowest BCUT2D eigenvalue weighted by molar-refractivity contribution is 0.0929. The fourth-order valence-electron chi connectivity index (χ4n) is 1.99. The van der Waals surface area contributed by atoms with Crippen molar-refractivity contribution in [3.05, 3.63) is 35.4 Å². The fraction of sp³-hybridized carbons (Fsp3) is 0.562. The predicted molar refractivity (Wildman–Crippen MR) is 77.1 cm³/mol. The van der Waals surface area contributed by atoms with E-state index in [4.69, 9.17) is 0 Å². The van der Waals surface area contributed by atoms with Crippen LogP contribution in [0.25, 0.3) is 0 Å². The Morgan fingerprint density at radius 2 is 2.11 bits per heavy atom. The molecule has 0 aliphatic carbocycles. The highest BCUT2D eigenvalue weighted by molar-refractivity contribution is 5.97. The van der Waals surface area contributed by atoms with E-state index in [0.29, 0.717) is 0 Å². The Kier molecular flexibility index (Phi) is 6.66. The summed E-state index contributed by atoms with van der Waals surface area (Å²) in [5, 5.41) is 3.36. The summed E-state index contributed by atoms with van der Waals surface area (Å²) in [5.41, 5.74) is 1.97. The van der Waals surface area contributed by atoms with Crippen molar-refractivity contribution in [2.75, 3.05) is 13.1 Å². The third kappa shape index (κ3) is 5.01. The number of hydrogen-bond acceptors (Lipinski definition) is 2. The number of ketones is 1. The van der Waals surface area contributed by atoms with Crippen molar-refractivity contribution >= 4 is 5.78 Å². The molecule has 0 saturated carbocycles. The summed E-state index contributed by atoms with van der Waals surface area (Å²) in [6.45, 7) is 8.00. The van der Waals surface area contributed by atoms with E-state index < -0.39 is 0 Å². The molecule has 0 fully saturated rings. The second kappa shape index (κ2) is 8.04. The molecule has 0 aromatic heterocycles. The van der Waals surface area contributed by atoms with E-state index >= 15 is 0 Å². The number of unbranched alkanes of at least 4 members (excludes halogenated alkanes) is 2.